The molecule has 1 aromatic rings. The SMILES string of the molecule is O=C(NC[C@@H]1COCCO1)c1cc(=O)[nH]cn1. The number of amides is 1. The minimum Gasteiger partial charge on any atom is -0.376 e. The minimum atomic E-state index is -0.398. The Labute approximate surface area is 97.2 Å². The molecule has 1 aliphatic rings. The van der Waals surface area contributed by atoms with Crippen LogP contribution < -0.4 is 10.9 Å². The quantitative estimate of drug-likeness (QED) is 0.699. The number of aromatic nitrogens is 2. The Balaban J connectivity index is 1.86. The molecule has 1 fully saturated rings. The Morgan fingerprint density at radius 1 is 1.59 bits per heavy atom. The summed E-state index contributed by atoms with van der Waals surface area (Å²) < 4.78 is 10.6. The van der Waals surface area contributed by atoms with Gasteiger partial charge in [-0.05, 0) is 0 Å². The second-order valence-corrected chi connectivity index (χ2v) is 3.57. The number of rotatable bonds is 3. The van der Waals surface area contributed by atoms with Gasteiger partial charge in [0, 0.05) is 12.6 Å². The molecular formula is C10H13N3O4. The Morgan fingerprint density at radius 2 is 2.47 bits per heavy atom. The molecule has 1 amide bonds. The first-order valence-electron chi connectivity index (χ1n) is 5.28. The van der Waals surface area contributed by atoms with Crippen LogP contribution in [-0.4, -0.2) is 48.3 Å². The number of carbonyl (C=O) groups excluding carboxylic acids is 1. The first kappa shape index (κ1) is 11.7. The monoisotopic (exact) mass is 239 g/mol. The number of H-pyrrole nitrogens is 1. The Bertz CT molecular complexity index is 439. The minimum absolute atomic E-state index is 0.0884. The van der Waals surface area contributed by atoms with Crippen LogP contribution >= 0.6 is 0 Å². The first-order valence-corrected chi connectivity index (χ1v) is 5.28. The Hall–Kier alpha value is -1.73. The normalized spacial score (nSPS) is 19.9. The van der Waals surface area contributed by atoms with E-state index in [9.17, 15) is 9.59 Å². The lowest BCUT2D eigenvalue weighted by Crippen LogP contribution is -2.40. The maximum atomic E-state index is 11.6. The summed E-state index contributed by atoms with van der Waals surface area (Å²) in [6, 6.07) is 1.15. The van der Waals surface area contributed by atoms with E-state index in [-0.39, 0.29) is 17.4 Å². The highest BCUT2D eigenvalue weighted by molar-refractivity contribution is 5.92. The molecule has 92 valence electrons. The maximum Gasteiger partial charge on any atom is 0.270 e. The number of carbonyl (C=O) groups is 1. The van der Waals surface area contributed by atoms with Crippen molar-refractivity contribution in [2.45, 2.75) is 6.10 Å². The largest absolute Gasteiger partial charge is 0.376 e. The zero-order valence-corrected chi connectivity index (χ0v) is 9.14. The lowest BCUT2D eigenvalue weighted by molar-refractivity contribution is -0.0855. The summed E-state index contributed by atoms with van der Waals surface area (Å²) in [6.07, 6.45) is 1.05. The van der Waals surface area contributed by atoms with Crippen molar-refractivity contribution in [1.82, 2.24) is 15.3 Å². The van der Waals surface area contributed by atoms with Gasteiger partial charge in [-0.2, -0.15) is 0 Å². The zero-order valence-electron chi connectivity index (χ0n) is 9.14. The highest BCUT2D eigenvalue weighted by Crippen LogP contribution is 1.99. The molecule has 2 rings (SSSR count). The third kappa shape index (κ3) is 3.36. The van der Waals surface area contributed by atoms with Crippen molar-refractivity contribution in [3.8, 4) is 0 Å². The van der Waals surface area contributed by atoms with E-state index < -0.39 is 5.91 Å². The van der Waals surface area contributed by atoms with Gasteiger partial charge >= 0.3 is 0 Å². The summed E-state index contributed by atoms with van der Waals surface area (Å²) in [6.45, 7) is 1.92. The lowest BCUT2D eigenvalue weighted by Gasteiger charge is -2.22. The number of hydrogen-bond donors (Lipinski definition) is 2. The van der Waals surface area contributed by atoms with E-state index >= 15 is 0 Å². The van der Waals surface area contributed by atoms with E-state index in [4.69, 9.17) is 9.47 Å². The van der Waals surface area contributed by atoms with Crippen molar-refractivity contribution in [3.05, 3.63) is 28.4 Å². The van der Waals surface area contributed by atoms with Crippen molar-refractivity contribution in [1.29, 1.82) is 0 Å². The predicted molar refractivity (Wildman–Crippen MR) is 57.7 cm³/mol. The van der Waals surface area contributed by atoms with Gasteiger partial charge in [-0.1, -0.05) is 0 Å². The van der Waals surface area contributed by atoms with Crippen LogP contribution in [0, 0.1) is 0 Å². The molecule has 1 saturated heterocycles. The van der Waals surface area contributed by atoms with Gasteiger partial charge in [-0.25, -0.2) is 4.98 Å². The molecule has 2 N–H and O–H groups in total. The molecule has 1 aliphatic heterocycles. The average Bonchev–Trinajstić information content (AvgIpc) is 2.37. The molecule has 2 heterocycles. The highest BCUT2D eigenvalue weighted by atomic mass is 16.6. The molecule has 0 unspecified atom stereocenters. The van der Waals surface area contributed by atoms with Crippen LogP contribution in [0.1, 0.15) is 10.5 Å². The van der Waals surface area contributed by atoms with Gasteiger partial charge in [0.1, 0.15) is 5.69 Å². The van der Waals surface area contributed by atoms with Crippen LogP contribution in [0.2, 0.25) is 0 Å². The van der Waals surface area contributed by atoms with Gasteiger partial charge in [0.15, 0.2) is 0 Å². The van der Waals surface area contributed by atoms with Gasteiger partial charge in [0.25, 0.3) is 11.5 Å². The zero-order chi connectivity index (χ0) is 12.1. The first-order chi connectivity index (χ1) is 8.25. The lowest BCUT2D eigenvalue weighted by atomic mass is 10.3. The molecule has 0 aliphatic carbocycles. The van der Waals surface area contributed by atoms with E-state index in [0.29, 0.717) is 26.4 Å². The van der Waals surface area contributed by atoms with Crippen molar-refractivity contribution < 1.29 is 14.3 Å². The second kappa shape index (κ2) is 5.55. The molecule has 17 heavy (non-hydrogen) atoms. The van der Waals surface area contributed by atoms with Gasteiger partial charge in [-0.15, -0.1) is 0 Å². The van der Waals surface area contributed by atoms with Gasteiger partial charge in [0.05, 0.1) is 32.3 Å². The average molecular weight is 239 g/mol. The van der Waals surface area contributed by atoms with Crippen LogP contribution in [0.4, 0.5) is 0 Å². The second-order valence-electron chi connectivity index (χ2n) is 3.57. The van der Waals surface area contributed by atoms with Crippen LogP contribution in [0.5, 0.6) is 0 Å². The highest BCUT2D eigenvalue weighted by Gasteiger charge is 2.16. The summed E-state index contributed by atoms with van der Waals surface area (Å²) in [5, 5.41) is 2.64. The molecule has 1 atom stereocenters. The molecule has 0 saturated carbocycles. The molecular weight excluding hydrogens is 226 g/mol. The summed E-state index contributed by atoms with van der Waals surface area (Å²) in [5.41, 5.74) is -0.270. The van der Waals surface area contributed by atoms with E-state index in [1.165, 1.54) is 6.33 Å². The Kier molecular flexibility index (Phi) is 3.84. The van der Waals surface area contributed by atoms with Crippen LogP contribution in [-0.2, 0) is 9.47 Å². The number of hydrogen-bond acceptors (Lipinski definition) is 5. The summed E-state index contributed by atoms with van der Waals surface area (Å²) in [7, 11) is 0. The number of aromatic amines is 1. The summed E-state index contributed by atoms with van der Waals surface area (Å²) in [5.74, 6) is -0.398. The molecule has 0 spiro atoms. The summed E-state index contributed by atoms with van der Waals surface area (Å²) >= 11 is 0. The maximum absolute atomic E-state index is 11.6. The number of ether oxygens (including phenoxy) is 2. The Morgan fingerprint density at radius 3 is 3.18 bits per heavy atom. The fourth-order valence-corrected chi connectivity index (χ4v) is 1.44. The third-order valence-electron chi connectivity index (χ3n) is 2.29. The fraction of sp³-hybridized carbons (Fsp3) is 0.500. The number of nitrogens with one attached hydrogen (secondary N) is 2. The van der Waals surface area contributed by atoms with Crippen LogP contribution in [0.15, 0.2) is 17.2 Å². The molecule has 7 nitrogen and oxygen atoms in total. The standard InChI is InChI=1S/C10H13N3O4/c14-9-3-8(12-6-13-9)10(15)11-4-7-5-16-1-2-17-7/h3,6-7H,1-2,4-5H2,(H,11,15)(H,12,13,14)/t7-/m1/s1. The van der Waals surface area contributed by atoms with E-state index in [1.807, 2.05) is 0 Å². The van der Waals surface area contributed by atoms with Crippen LogP contribution in [0.25, 0.3) is 0 Å². The topological polar surface area (TPSA) is 93.3 Å². The van der Waals surface area contributed by atoms with Crippen LogP contribution in [0.3, 0.4) is 0 Å². The van der Waals surface area contributed by atoms with E-state index in [1.54, 1.807) is 0 Å². The van der Waals surface area contributed by atoms with Crippen molar-refractivity contribution in [3.63, 3.8) is 0 Å². The van der Waals surface area contributed by atoms with E-state index in [0.717, 1.165) is 6.07 Å². The van der Waals surface area contributed by atoms with Crippen molar-refractivity contribution >= 4 is 5.91 Å². The molecule has 1 aromatic heterocycles. The predicted octanol–water partition coefficient (Wildman–Crippen LogP) is -1.08. The molecule has 0 aromatic carbocycles. The number of nitrogens with zero attached hydrogens (tertiary/aromatic N) is 1. The van der Waals surface area contributed by atoms with Gasteiger partial charge in [0.2, 0.25) is 0 Å². The van der Waals surface area contributed by atoms with Gasteiger partial charge < -0.3 is 19.8 Å². The smallest absolute Gasteiger partial charge is 0.270 e. The molecule has 0 radical (unpaired) electrons. The molecule has 0 bridgehead atoms. The van der Waals surface area contributed by atoms with Gasteiger partial charge in [-0.3, -0.25) is 9.59 Å². The van der Waals surface area contributed by atoms with Crippen molar-refractivity contribution in [2.75, 3.05) is 26.4 Å². The van der Waals surface area contributed by atoms with Crippen molar-refractivity contribution in [2.24, 2.45) is 0 Å². The molecule has 7 heteroatoms. The third-order valence-corrected chi connectivity index (χ3v) is 2.29. The summed E-state index contributed by atoms with van der Waals surface area (Å²) in [4.78, 5) is 28.7. The fourth-order valence-electron chi connectivity index (χ4n) is 1.44. The van der Waals surface area contributed by atoms with E-state index in [2.05, 4.69) is 15.3 Å².